The molecule has 3 aliphatic heterocycles. The minimum absolute atomic E-state index is 0.0436. The summed E-state index contributed by atoms with van der Waals surface area (Å²) >= 11 is 6.41. The van der Waals surface area contributed by atoms with E-state index in [0.717, 1.165) is 36.8 Å². The molecule has 6 amide bonds. The number of halogens is 1. The van der Waals surface area contributed by atoms with Gasteiger partial charge in [-0.3, -0.25) is 38.6 Å². The molecule has 19 heteroatoms. The highest BCUT2D eigenvalue weighted by atomic mass is 35.5. The average molecular weight is 893 g/mol. The topological polar surface area (TPSA) is 226 Å². The number of nitrogens with zero attached hydrogens (tertiary/aromatic N) is 4. The molecule has 1 aromatic heterocycles. The summed E-state index contributed by atoms with van der Waals surface area (Å²) in [4.78, 5) is 95.6. The number of hydrogen-bond donors (Lipinski definition) is 4. The van der Waals surface area contributed by atoms with Gasteiger partial charge in [-0.05, 0) is 74.5 Å². The van der Waals surface area contributed by atoms with Crippen molar-refractivity contribution in [2.24, 2.45) is 11.8 Å². The Morgan fingerprint density at radius 3 is 2.48 bits per heavy atom. The van der Waals surface area contributed by atoms with Crippen molar-refractivity contribution in [3.63, 3.8) is 0 Å². The number of carbonyl (C=O) groups excluding carboxylic acids is 6. The summed E-state index contributed by atoms with van der Waals surface area (Å²) in [6.07, 6.45) is 14.1. The lowest BCUT2D eigenvalue weighted by Crippen LogP contribution is -2.60. The summed E-state index contributed by atoms with van der Waals surface area (Å²) in [5.74, 6) is -3.96. The number of rotatable bonds is 9. The smallest absolute Gasteiger partial charge is 0.410 e. The van der Waals surface area contributed by atoms with Crippen LogP contribution in [0, 0.1) is 11.8 Å². The van der Waals surface area contributed by atoms with E-state index < -0.39 is 86.6 Å². The predicted molar refractivity (Wildman–Crippen MR) is 224 cm³/mol. The van der Waals surface area contributed by atoms with Gasteiger partial charge in [0, 0.05) is 36.3 Å². The standard InChI is InChI=1S/C43H53ClN8O9S/c44-32-14-9-12-27-23-51(25-31(27)32)42(58)61-29-20-35-38(54)49-43(41(57)50-62(59,60)30-16-17-30)21-28(43)13-7-2-1-3-8-15-33(40(56)52(35)24-29)47-39(55)36(26-10-5-4-6-11-26)48-37(53)34-22-45-18-19-46-34/h7,9,12-14,18-19,22,26,28-30,33,35-36H,1-6,8,10-11,15-17,20-21,23-25H2,(H,47,55)(H,48,53)(H,49,54)(H,50,57)/b13-7-/t28-,29+,33-,35-,36-,43+/m0/s1. The Morgan fingerprint density at radius 2 is 1.74 bits per heavy atom. The van der Waals surface area contributed by atoms with Crippen molar-refractivity contribution in [2.45, 2.75) is 138 Å². The van der Waals surface area contributed by atoms with Gasteiger partial charge in [-0.1, -0.05) is 68.0 Å². The van der Waals surface area contributed by atoms with Crippen molar-refractivity contribution < 1.29 is 41.9 Å². The van der Waals surface area contributed by atoms with Crippen LogP contribution in [0.5, 0.6) is 0 Å². The summed E-state index contributed by atoms with van der Waals surface area (Å²) in [5.41, 5.74) is 0.142. The molecular formula is C43H53ClN8O9S. The van der Waals surface area contributed by atoms with Crippen LogP contribution in [0.3, 0.4) is 0 Å². The van der Waals surface area contributed by atoms with Gasteiger partial charge in [0.2, 0.25) is 27.7 Å². The fourth-order valence-electron chi connectivity index (χ4n) is 9.33. The zero-order valence-corrected chi connectivity index (χ0v) is 36.0. The van der Waals surface area contributed by atoms with Gasteiger partial charge in [0.1, 0.15) is 35.5 Å². The fourth-order valence-corrected chi connectivity index (χ4v) is 11.0. The van der Waals surface area contributed by atoms with Crippen LogP contribution in [-0.4, -0.2) is 105 Å². The van der Waals surface area contributed by atoms with Gasteiger partial charge < -0.3 is 25.6 Å². The van der Waals surface area contributed by atoms with Gasteiger partial charge in [-0.2, -0.15) is 0 Å². The number of aromatic nitrogens is 2. The van der Waals surface area contributed by atoms with Gasteiger partial charge >= 0.3 is 6.09 Å². The quantitative estimate of drug-likeness (QED) is 0.267. The molecule has 2 aromatic rings. The van der Waals surface area contributed by atoms with Crippen LogP contribution < -0.4 is 20.7 Å². The van der Waals surface area contributed by atoms with E-state index in [9.17, 15) is 37.2 Å². The summed E-state index contributed by atoms with van der Waals surface area (Å²) in [7, 11) is -3.95. The average Bonchev–Trinajstić information content (AvgIpc) is 4.15. The molecule has 6 atom stereocenters. The molecule has 0 unspecified atom stereocenters. The second kappa shape index (κ2) is 18.3. The maximum atomic E-state index is 14.9. The second-order valence-corrected chi connectivity index (χ2v) is 19.9. The Labute approximate surface area is 365 Å². The molecule has 4 heterocycles. The fraction of sp³-hybridized carbons (Fsp3) is 0.581. The summed E-state index contributed by atoms with van der Waals surface area (Å²) < 4.78 is 34.0. The van der Waals surface area contributed by atoms with E-state index in [0.29, 0.717) is 50.0 Å². The Kier molecular flexibility index (Phi) is 12.9. The highest BCUT2D eigenvalue weighted by Crippen LogP contribution is 2.46. The van der Waals surface area contributed by atoms with Crippen LogP contribution in [0.1, 0.15) is 112 Å². The van der Waals surface area contributed by atoms with Gasteiger partial charge in [0.05, 0.1) is 24.5 Å². The molecule has 4 fully saturated rings. The van der Waals surface area contributed by atoms with Gasteiger partial charge in [0.15, 0.2) is 0 Å². The third kappa shape index (κ3) is 9.60. The highest BCUT2D eigenvalue weighted by molar-refractivity contribution is 7.91. The summed E-state index contributed by atoms with van der Waals surface area (Å²) in [6, 6.07) is 2.05. The Hall–Kier alpha value is -5.10. The zero-order valence-electron chi connectivity index (χ0n) is 34.4. The molecule has 1 aromatic carbocycles. The number of ether oxygens (including phenoxy) is 1. The van der Waals surface area contributed by atoms with E-state index in [1.807, 2.05) is 18.2 Å². The molecule has 332 valence electrons. The molecule has 3 aliphatic carbocycles. The van der Waals surface area contributed by atoms with Crippen molar-refractivity contribution in [3.05, 3.63) is 70.8 Å². The molecule has 8 rings (SSSR count). The first-order chi connectivity index (χ1) is 29.8. The first kappa shape index (κ1) is 43.5. The molecular weight excluding hydrogens is 840 g/mol. The number of allylic oxidation sites excluding steroid dienone is 1. The highest BCUT2D eigenvalue weighted by Gasteiger charge is 2.62. The first-order valence-corrected chi connectivity index (χ1v) is 23.7. The molecule has 4 N–H and O–H groups in total. The lowest BCUT2D eigenvalue weighted by Gasteiger charge is -2.33. The largest absolute Gasteiger partial charge is 0.444 e. The van der Waals surface area contributed by atoms with E-state index in [-0.39, 0.29) is 50.5 Å². The number of hydrogen-bond acceptors (Lipinski definition) is 11. The van der Waals surface area contributed by atoms with Crippen LogP contribution in [0.4, 0.5) is 4.79 Å². The monoisotopic (exact) mass is 892 g/mol. The molecule has 62 heavy (non-hydrogen) atoms. The molecule has 6 aliphatic rings. The van der Waals surface area contributed by atoms with Crippen molar-refractivity contribution in [2.75, 3.05) is 6.54 Å². The maximum absolute atomic E-state index is 14.9. The number of amides is 6. The minimum atomic E-state index is -3.95. The van der Waals surface area contributed by atoms with E-state index in [2.05, 4.69) is 30.6 Å². The maximum Gasteiger partial charge on any atom is 0.410 e. The molecule has 0 spiro atoms. The van der Waals surface area contributed by atoms with Gasteiger partial charge in [-0.25, -0.2) is 18.2 Å². The van der Waals surface area contributed by atoms with E-state index in [1.54, 1.807) is 12.1 Å². The molecule has 17 nitrogen and oxygen atoms in total. The van der Waals surface area contributed by atoms with Crippen LogP contribution in [0.2, 0.25) is 5.02 Å². The third-order valence-electron chi connectivity index (χ3n) is 13.1. The summed E-state index contributed by atoms with van der Waals surface area (Å²) in [5, 5.41) is 8.52. The number of benzene rings is 1. The van der Waals surface area contributed by atoms with Crippen molar-refractivity contribution >= 4 is 57.3 Å². The number of nitrogens with one attached hydrogen (secondary N) is 4. The molecule has 0 bridgehead atoms. The van der Waals surface area contributed by atoms with E-state index >= 15 is 0 Å². The Morgan fingerprint density at radius 1 is 0.968 bits per heavy atom. The first-order valence-electron chi connectivity index (χ1n) is 21.8. The molecule has 0 radical (unpaired) electrons. The predicted octanol–water partition coefficient (Wildman–Crippen LogP) is 3.42. The second-order valence-electron chi connectivity index (χ2n) is 17.5. The SMILES string of the molecule is O=C(N[C@H](C(=O)N[C@H]1CCCCC/C=C\[C@H]2C[C@@]2(C(=O)NS(=O)(=O)C2CC2)NC(=O)[C@@H]2C[C@@H](OC(=O)N3Cc4cccc(Cl)c4C3)CN2C1=O)C1CCCCC1)c1cnccn1. The minimum Gasteiger partial charge on any atom is -0.444 e. The van der Waals surface area contributed by atoms with Crippen LogP contribution >= 0.6 is 11.6 Å². The lowest BCUT2D eigenvalue weighted by molar-refractivity contribution is -0.143. The van der Waals surface area contributed by atoms with E-state index in [1.165, 1.54) is 28.4 Å². The lowest BCUT2D eigenvalue weighted by atomic mass is 9.83. The summed E-state index contributed by atoms with van der Waals surface area (Å²) in [6.45, 7) is 0.283. The van der Waals surface area contributed by atoms with Crippen LogP contribution in [0.15, 0.2) is 48.9 Å². The Balaban J connectivity index is 1.06. The van der Waals surface area contributed by atoms with Gasteiger partial charge in [0.25, 0.3) is 11.8 Å². The van der Waals surface area contributed by atoms with Crippen molar-refractivity contribution in [1.29, 1.82) is 0 Å². The third-order valence-corrected chi connectivity index (χ3v) is 15.3. The van der Waals surface area contributed by atoms with Crippen LogP contribution in [0.25, 0.3) is 0 Å². The number of carbonyl (C=O) groups is 6. The zero-order chi connectivity index (χ0) is 43.6. The van der Waals surface area contributed by atoms with Crippen molar-refractivity contribution in [3.8, 4) is 0 Å². The number of fused-ring (bicyclic) bond motifs is 3. The Bertz CT molecular complexity index is 2220. The normalized spacial score (nSPS) is 27.8. The number of sulfonamides is 1. The van der Waals surface area contributed by atoms with Crippen LogP contribution in [-0.2, 0) is 47.0 Å². The molecule has 1 saturated heterocycles. The van der Waals surface area contributed by atoms with Crippen molar-refractivity contribution in [1.82, 2.24) is 40.4 Å². The van der Waals surface area contributed by atoms with E-state index in [4.69, 9.17) is 16.3 Å². The van der Waals surface area contributed by atoms with Gasteiger partial charge in [-0.15, -0.1) is 0 Å². The molecule has 3 saturated carbocycles.